The van der Waals surface area contributed by atoms with Gasteiger partial charge in [0.15, 0.2) is 0 Å². The van der Waals surface area contributed by atoms with Gasteiger partial charge in [-0.1, -0.05) is 23.7 Å². The van der Waals surface area contributed by atoms with Crippen LogP contribution >= 0.6 is 11.6 Å². The van der Waals surface area contributed by atoms with E-state index in [1.807, 2.05) is 30.3 Å². The molecule has 0 fully saturated rings. The summed E-state index contributed by atoms with van der Waals surface area (Å²) in [5.41, 5.74) is 7.64. The number of aromatic nitrogens is 1. The summed E-state index contributed by atoms with van der Waals surface area (Å²) < 4.78 is 5.65. The summed E-state index contributed by atoms with van der Waals surface area (Å²) in [6.07, 6.45) is 4.33. The van der Waals surface area contributed by atoms with E-state index in [1.54, 1.807) is 12.4 Å². The molecule has 0 saturated carbocycles. The van der Waals surface area contributed by atoms with E-state index in [9.17, 15) is 0 Å². The number of nitrogens with two attached hydrogens (primary N) is 1. The molecule has 18 heavy (non-hydrogen) atoms. The highest BCUT2D eigenvalue weighted by Gasteiger charge is 2.03. The molecule has 1 heterocycles. The van der Waals surface area contributed by atoms with Gasteiger partial charge in [-0.25, -0.2) is 0 Å². The van der Waals surface area contributed by atoms with Gasteiger partial charge in [-0.2, -0.15) is 0 Å². The molecule has 2 aromatic rings. The van der Waals surface area contributed by atoms with E-state index >= 15 is 0 Å². The van der Waals surface area contributed by atoms with Crippen LogP contribution in [0.15, 0.2) is 42.7 Å². The van der Waals surface area contributed by atoms with Gasteiger partial charge in [-0.15, -0.1) is 0 Å². The van der Waals surface area contributed by atoms with Crippen molar-refractivity contribution in [2.75, 3.05) is 6.54 Å². The van der Waals surface area contributed by atoms with Crippen LogP contribution < -0.4 is 10.5 Å². The Labute approximate surface area is 112 Å². The van der Waals surface area contributed by atoms with Crippen molar-refractivity contribution in [1.29, 1.82) is 0 Å². The maximum Gasteiger partial charge on any atom is 0.138 e. The van der Waals surface area contributed by atoms with Gasteiger partial charge in [0.1, 0.15) is 12.4 Å². The maximum atomic E-state index is 6.15. The molecule has 94 valence electrons. The van der Waals surface area contributed by atoms with Gasteiger partial charge < -0.3 is 10.5 Å². The minimum absolute atomic E-state index is 0.462. The Bertz CT molecular complexity index is 502. The Morgan fingerprint density at radius 2 is 2.11 bits per heavy atom. The summed E-state index contributed by atoms with van der Waals surface area (Å²) in [4.78, 5) is 4.03. The van der Waals surface area contributed by atoms with E-state index in [0.29, 0.717) is 23.9 Å². The molecular formula is C14H15ClN2O. The summed E-state index contributed by atoms with van der Waals surface area (Å²) in [5.74, 6) is 0.682. The molecule has 0 aliphatic heterocycles. The van der Waals surface area contributed by atoms with Crippen LogP contribution in [0.2, 0.25) is 5.02 Å². The smallest absolute Gasteiger partial charge is 0.138 e. The van der Waals surface area contributed by atoms with Gasteiger partial charge in [0.05, 0.1) is 5.02 Å². The first kappa shape index (κ1) is 12.9. The Morgan fingerprint density at radius 3 is 2.78 bits per heavy atom. The number of hydrogen-bond acceptors (Lipinski definition) is 3. The first-order valence-electron chi connectivity index (χ1n) is 5.80. The molecule has 0 bridgehead atoms. The average molecular weight is 263 g/mol. The largest absolute Gasteiger partial charge is 0.487 e. The van der Waals surface area contributed by atoms with Crippen molar-refractivity contribution in [3.63, 3.8) is 0 Å². The van der Waals surface area contributed by atoms with Crippen molar-refractivity contribution in [2.45, 2.75) is 13.0 Å². The van der Waals surface area contributed by atoms with Crippen molar-refractivity contribution >= 4 is 11.6 Å². The fourth-order valence-corrected chi connectivity index (χ4v) is 1.89. The van der Waals surface area contributed by atoms with Crippen LogP contribution in [0.4, 0.5) is 0 Å². The quantitative estimate of drug-likeness (QED) is 0.901. The van der Waals surface area contributed by atoms with Crippen LogP contribution in [0, 0.1) is 0 Å². The van der Waals surface area contributed by atoms with Gasteiger partial charge in [0.2, 0.25) is 0 Å². The molecule has 2 N–H and O–H groups in total. The second-order valence-corrected chi connectivity index (χ2v) is 4.36. The third-order valence-electron chi connectivity index (χ3n) is 2.55. The fourth-order valence-electron chi connectivity index (χ4n) is 1.63. The minimum Gasteiger partial charge on any atom is -0.487 e. The number of hydrogen-bond donors (Lipinski definition) is 1. The fraction of sp³-hybridized carbons (Fsp3) is 0.214. The Balaban J connectivity index is 2.01. The van der Waals surface area contributed by atoms with E-state index in [4.69, 9.17) is 22.1 Å². The average Bonchev–Trinajstić information content (AvgIpc) is 2.39. The number of ether oxygens (including phenoxy) is 1. The molecule has 1 aromatic heterocycles. The second kappa shape index (κ2) is 6.38. The molecule has 3 nitrogen and oxygen atoms in total. The van der Waals surface area contributed by atoms with E-state index in [1.165, 1.54) is 0 Å². The molecule has 0 atom stereocenters. The van der Waals surface area contributed by atoms with Gasteiger partial charge >= 0.3 is 0 Å². The zero-order valence-electron chi connectivity index (χ0n) is 9.97. The van der Waals surface area contributed by atoms with Crippen molar-refractivity contribution < 1.29 is 4.74 Å². The predicted octanol–water partition coefficient (Wildman–Crippen LogP) is 2.82. The van der Waals surface area contributed by atoms with Crippen molar-refractivity contribution in [2.24, 2.45) is 5.73 Å². The summed E-state index contributed by atoms with van der Waals surface area (Å²) in [6.45, 7) is 1.08. The molecule has 0 saturated heterocycles. The lowest BCUT2D eigenvalue weighted by atomic mass is 10.1. The highest BCUT2D eigenvalue weighted by molar-refractivity contribution is 6.32. The molecule has 0 unspecified atom stereocenters. The van der Waals surface area contributed by atoms with Crippen LogP contribution in [0.5, 0.6) is 5.75 Å². The first-order chi connectivity index (χ1) is 8.79. The molecule has 0 amide bonds. The molecule has 4 heteroatoms. The number of halogens is 1. The molecule has 2 rings (SSSR count). The molecule has 0 aliphatic carbocycles. The van der Waals surface area contributed by atoms with Gasteiger partial charge in [-0.05, 0) is 36.7 Å². The first-order valence-corrected chi connectivity index (χ1v) is 6.17. The van der Waals surface area contributed by atoms with E-state index < -0.39 is 0 Å². The van der Waals surface area contributed by atoms with E-state index in [0.717, 1.165) is 17.5 Å². The highest BCUT2D eigenvalue weighted by atomic mass is 35.5. The summed E-state index contributed by atoms with van der Waals surface area (Å²) in [6, 6.07) is 9.60. The van der Waals surface area contributed by atoms with Gasteiger partial charge in [0.25, 0.3) is 0 Å². The number of rotatable bonds is 5. The third kappa shape index (κ3) is 3.45. The Hall–Kier alpha value is -1.58. The zero-order valence-corrected chi connectivity index (χ0v) is 10.7. The number of pyridine rings is 1. The van der Waals surface area contributed by atoms with Crippen LogP contribution in [-0.4, -0.2) is 11.5 Å². The van der Waals surface area contributed by atoms with E-state index in [2.05, 4.69) is 4.98 Å². The summed E-state index contributed by atoms with van der Waals surface area (Å²) >= 11 is 6.15. The van der Waals surface area contributed by atoms with Gasteiger partial charge in [0, 0.05) is 18.0 Å². The predicted molar refractivity (Wildman–Crippen MR) is 72.8 cm³/mol. The number of nitrogens with zero attached hydrogens (tertiary/aromatic N) is 1. The molecule has 0 aliphatic rings. The van der Waals surface area contributed by atoms with Crippen molar-refractivity contribution in [3.8, 4) is 5.75 Å². The molecule has 1 aromatic carbocycles. The minimum atomic E-state index is 0.462. The lowest BCUT2D eigenvalue weighted by molar-refractivity contribution is 0.306. The maximum absolute atomic E-state index is 6.15. The monoisotopic (exact) mass is 262 g/mol. The topological polar surface area (TPSA) is 48.1 Å². The number of benzene rings is 1. The highest BCUT2D eigenvalue weighted by Crippen LogP contribution is 2.26. The van der Waals surface area contributed by atoms with Crippen molar-refractivity contribution in [3.05, 3.63) is 58.9 Å². The van der Waals surface area contributed by atoms with Gasteiger partial charge in [-0.3, -0.25) is 4.98 Å². The van der Waals surface area contributed by atoms with Crippen LogP contribution in [0.1, 0.15) is 11.1 Å². The Kier molecular flexibility index (Phi) is 4.56. The lowest BCUT2D eigenvalue weighted by Crippen LogP contribution is -2.03. The second-order valence-electron chi connectivity index (χ2n) is 3.95. The zero-order chi connectivity index (χ0) is 12.8. The molecular weight excluding hydrogens is 248 g/mol. The standard InChI is InChI=1S/C14H15ClN2O/c15-13-8-11(5-6-16)3-4-14(13)18-10-12-2-1-7-17-9-12/h1-4,7-9H,5-6,10,16H2. The third-order valence-corrected chi connectivity index (χ3v) is 2.84. The SMILES string of the molecule is NCCc1ccc(OCc2cccnc2)c(Cl)c1. The van der Waals surface area contributed by atoms with Crippen molar-refractivity contribution in [1.82, 2.24) is 4.98 Å². The Morgan fingerprint density at radius 1 is 1.22 bits per heavy atom. The normalized spacial score (nSPS) is 10.3. The molecule has 0 spiro atoms. The summed E-state index contributed by atoms with van der Waals surface area (Å²) in [7, 11) is 0. The van der Waals surface area contributed by atoms with E-state index in [-0.39, 0.29) is 0 Å². The lowest BCUT2D eigenvalue weighted by Gasteiger charge is -2.09. The summed E-state index contributed by atoms with van der Waals surface area (Å²) in [5, 5.41) is 0.616. The van der Waals surface area contributed by atoms with Crippen LogP contribution in [-0.2, 0) is 13.0 Å². The van der Waals surface area contributed by atoms with Crippen LogP contribution in [0.25, 0.3) is 0 Å². The van der Waals surface area contributed by atoms with Crippen LogP contribution in [0.3, 0.4) is 0 Å². The molecule has 0 radical (unpaired) electrons.